The predicted molar refractivity (Wildman–Crippen MR) is 118 cm³/mol. The molecule has 0 spiro atoms. The number of nitrogens with zero attached hydrogens (tertiary/aromatic N) is 4. The van der Waals surface area contributed by atoms with Gasteiger partial charge in [-0.2, -0.15) is 0 Å². The molecule has 4 heterocycles. The van der Waals surface area contributed by atoms with Gasteiger partial charge < -0.3 is 14.8 Å². The lowest BCUT2D eigenvalue weighted by atomic mass is 10.0. The number of benzene rings is 1. The van der Waals surface area contributed by atoms with Crippen LogP contribution in [0.3, 0.4) is 0 Å². The molecule has 1 aliphatic heterocycles. The van der Waals surface area contributed by atoms with Crippen LogP contribution in [0.4, 0.5) is 5.69 Å². The highest BCUT2D eigenvalue weighted by Gasteiger charge is 2.42. The highest BCUT2D eigenvalue weighted by molar-refractivity contribution is 7.80. The molecule has 4 aromatic rings. The van der Waals surface area contributed by atoms with Crippen LogP contribution < -0.4 is 10.2 Å². The van der Waals surface area contributed by atoms with Gasteiger partial charge in [-0.05, 0) is 60.7 Å². The van der Waals surface area contributed by atoms with Gasteiger partial charge in [0.2, 0.25) is 0 Å². The van der Waals surface area contributed by atoms with Crippen LogP contribution in [0.25, 0.3) is 5.82 Å². The topological polar surface area (TPSA) is 46.0 Å². The van der Waals surface area contributed by atoms with Crippen molar-refractivity contribution in [2.45, 2.75) is 12.1 Å². The number of rotatable bonds is 4. The van der Waals surface area contributed by atoms with E-state index in [4.69, 9.17) is 12.2 Å². The van der Waals surface area contributed by atoms with Crippen LogP contribution in [-0.2, 0) is 0 Å². The third-order valence-electron chi connectivity index (χ3n) is 5.11. The third-order valence-corrected chi connectivity index (χ3v) is 5.43. The van der Waals surface area contributed by atoms with Crippen LogP contribution >= 0.6 is 12.2 Å². The Morgan fingerprint density at radius 1 is 0.793 bits per heavy atom. The zero-order valence-corrected chi connectivity index (χ0v) is 16.4. The van der Waals surface area contributed by atoms with Gasteiger partial charge in [-0.15, -0.1) is 0 Å². The molecule has 29 heavy (non-hydrogen) atoms. The lowest BCUT2D eigenvalue weighted by molar-refractivity contribution is 0.548. The Labute approximate surface area is 174 Å². The molecule has 142 valence electrons. The normalized spacial score (nSPS) is 18.6. The molecule has 6 heteroatoms. The molecule has 0 bridgehead atoms. The van der Waals surface area contributed by atoms with E-state index >= 15 is 0 Å². The van der Waals surface area contributed by atoms with Crippen molar-refractivity contribution >= 4 is 23.0 Å². The molecule has 0 aliphatic carbocycles. The molecule has 0 amide bonds. The van der Waals surface area contributed by atoms with Gasteiger partial charge in [0, 0.05) is 30.0 Å². The summed E-state index contributed by atoms with van der Waals surface area (Å²) in [6.07, 6.45) is 5.67. The molecule has 5 nitrogen and oxygen atoms in total. The zero-order chi connectivity index (χ0) is 19.6. The first-order valence-electron chi connectivity index (χ1n) is 9.47. The minimum atomic E-state index is -0.0822. The molecule has 1 saturated heterocycles. The van der Waals surface area contributed by atoms with Crippen molar-refractivity contribution in [3.63, 3.8) is 0 Å². The fourth-order valence-electron chi connectivity index (χ4n) is 3.86. The molecule has 0 radical (unpaired) electrons. The van der Waals surface area contributed by atoms with E-state index in [0.717, 1.165) is 22.9 Å². The van der Waals surface area contributed by atoms with Gasteiger partial charge in [0.1, 0.15) is 11.9 Å². The Morgan fingerprint density at radius 3 is 2.28 bits per heavy atom. The molecule has 1 aromatic carbocycles. The van der Waals surface area contributed by atoms with Gasteiger partial charge >= 0.3 is 0 Å². The number of hydrogen-bond acceptors (Lipinski definition) is 3. The molecule has 1 fully saturated rings. The van der Waals surface area contributed by atoms with E-state index in [1.54, 1.807) is 0 Å². The fraction of sp³-hybridized carbons (Fsp3) is 0.0870. The standard InChI is InChI=1S/C23H19N5S/c29-23-26-21(18-11-4-6-14-24-18)22(28(23)17-9-2-1-3-10-17)19-12-8-16-27(19)20-13-5-7-15-25-20/h1-16,21-22H,(H,26,29)/t21-,22+/m0/s1. The van der Waals surface area contributed by atoms with Gasteiger partial charge in [-0.1, -0.05) is 30.3 Å². The first-order chi connectivity index (χ1) is 14.3. The van der Waals surface area contributed by atoms with Gasteiger partial charge in [0.05, 0.1) is 11.7 Å². The van der Waals surface area contributed by atoms with E-state index in [0.29, 0.717) is 5.11 Å². The summed E-state index contributed by atoms with van der Waals surface area (Å²) < 4.78 is 2.12. The Bertz CT molecular complexity index is 1110. The molecule has 0 saturated carbocycles. The van der Waals surface area contributed by atoms with E-state index in [9.17, 15) is 0 Å². The van der Waals surface area contributed by atoms with Crippen molar-refractivity contribution in [3.05, 3.63) is 109 Å². The first-order valence-corrected chi connectivity index (χ1v) is 9.88. The second-order valence-electron chi connectivity index (χ2n) is 6.82. The maximum absolute atomic E-state index is 5.77. The summed E-state index contributed by atoms with van der Waals surface area (Å²) in [6, 6.07) is 26.1. The molecular weight excluding hydrogens is 378 g/mol. The van der Waals surface area contributed by atoms with Crippen LogP contribution in [0.15, 0.2) is 97.5 Å². The monoisotopic (exact) mass is 397 g/mol. The SMILES string of the molecule is S=C1N[C@@H](c2ccccn2)[C@@H](c2cccn2-c2ccccn2)N1c1ccccc1. The molecule has 0 unspecified atom stereocenters. The summed E-state index contributed by atoms with van der Waals surface area (Å²) >= 11 is 5.77. The first kappa shape index (κ1) is 17.6. The van der Waals surface area contributed by atoms with Gasteiger partial charge in [0.15, 0.2) is 5.11 Å². The number of para-hydroxylation sites is 1. The second kappa shape index (κ2) is 7.48. The average Bonchev–Trinajstić information content (AvgIpc) is 3.40. The number of aromatic nitrogens is 3. The summed E-state index contributed by atoms with van der Waals surface area (Å²) in [6.45, 7) is 0. The van der Waals surface area contributed by atoms with Gasteiger partial charge in [-0.25, -0.2) is 4.98 Å². The van der Waals surface area contributed by atoms with Crippen molar-refractivity contribution < 1.29 is 0 Å². The van der Waals surface area contributed by atoms with Crippen molar-refractivity contribution in [2.24, 2.45) is 0 Å². The van der Waals surface area contributed by atoms with Crippen LogP contribution in [-0.4, -0.2) is 19.6 Å². The van der Waals surface area contributed by atoms with Crippen molar-refractivity contribution in [3.8, 4) is 5.82 Å². The molecule has 1 aliphatic rings. The summed E-state index contributed by atoms with van der Waals surface area (Å²) in [4.78, 5) is 11.3. The molecule has 5 rings (SSSR count). The van der Waals surface area contributed by atoms with Crippen LogP contribution in [0.1, 0.15) is 23.5 Å². The van der Waals surface area contributed by atoms with Gasteiger partial charge in [0.25, 0.3) is 0 Å². The summed E-state index contributed by atoms with van der Waals surface area (Å²) in [7, 11) is 0. The lowest BCUT2D eigenvalue weighted by Crippen LogP contribution is -2.30. The zero-order valence-electron chi connectivity index (χ0n) is 15.6. The quantitative estimate of drug-likeness (QED) is 0.516. The Hall–Kier alpha value is -3.51. The van der Waals surface area contributed by atoms with E-state index in [1.807, 2.05) is 79.3 Å². The van der Waals surface area contributed by atoms with E-state index in [2.05, 4.69) is 43.0 Å². The number of thiocarbonyl (C=S) groups is 1. The van der Waals surface area contributed by atoms with Crippen LogP contribution in [0.2, 0.25) is 0 Å². The molecular formula is C23H19N5S. The van der Waals surface area contributed by atoms with E-state index in [-0.39, 0.29) is 12.1 Å². The van der Waals surface area contributed by atoms with Crippen molar-refractivity contribution in [2.75, 3.05) is 4.90 Å². The summed E-state index contributed by atoms with van der Waals surface area (Å²) in [5.41, 5.74) is 3.09. The smallest absolute Gasteiger partial charge is 0.174 e. The third kappa shape index (κ3) is 3.17. The van der Waals surface area contributed by atoms with Crippen molar-refractivity contribution in [1.29, 1.82) is 0 Å². The Balaban J connectivity index is 1.67. The highest BCUT2D eigenvalue weighted by atomic mass is 32.1. The van der Waals surface area contributed by atoms with Crippen molar-refractivity contribution in [1.82, 2.24) is 19.9 Å². The number of hydrogen-bond donors (Lipinski definition) is 1. The second-order valence-corrected chi connectivity index (χ2v) is 7.21. The number of pyridine rings is 2. The Kier molecular flexibility index (Phi) is 4.54. The summed E-state index contributed by atoms with van der Waals surface area (Å²) in [5.74, 6) is 0.873. The van der Waals surface area contributed by atoms with Crippen LogP contribution in [0, 0.1) is 0 Å². The average molecular weight is 398 g/mol. The highest BCUT2D eigenvalue weighted by Crippen LogP contribution is 2.41. The number of nitrogens with one attached hydrogen (secondary N) is 1. The lowest BCUT2D eigenvalue weighted by Gasteiger charge is -2.28. The summed E-state index contributed by atoms with van der Waals surface area (Å²) in [5, 5.41) is 4.18. The maximum atomic E-state index is 5.77. The maximum Gasteiger partial charge on any atom is 0.174 e. The minimum Gasteiger partial charge on any atom is -0.351 e. The molecule has 2 atom stereocenters. The number of anilines is 1. The molecule has 1 N–H and O–H groups in total. The predicted octanol–water partition coefficient (Wildman–Crippen LogP) is 4.44. The van der Waals surface area contributed by atoms with Gasteiger partial charge in [-0.3, -0.25) is 4.98 Å². The van der Waals surface area contributed by atoms with E-state index in [1.165, 1.54) is 0 Å². The minimum absolute atomic E-state index is 0.0724. The van der Waals surface area contributed by atoms with E-state index < -0.39 is 0 Å². The fourth-order valence-corrected chi connectivity index (χ4v) is 4.21. The Morgan fingerprint density at radius 2 is 1.55 bits per heavy atom. The largest absolute Gasteiger partial charge is 0.351 e. The van der Waals surface area contributed by atoms with Crippen LogP contribution in [0.5, 0.6) is 0 Å². The molecule has 3 aromatic heterocycles.